The lowest BCUT2D eigenvalue weighted by molar-refractivity contribution is -0.135. The fraction of sp³-hybridized carbons (Fsp3) is 0.909. The van der Waals surface area contributed by atoms with Gasteiger partial charge in [0.25, 0.3) is 0 Å². The molecule has 2 aliphatic rings. The number of aliphatic hydroxyl groups is 1. The molecular formula is C11H18O2. The average Bonchev–Trinajstić information content (AvgIpc) is 2.08. The Morgan fingerprint density at radius 3 is 3.00 bits per heavy atom. The molecule has 0 aromatic rings. The van der Waals surface area contributed by atoms with Crippen LogP contribution in [0.3, 0.4) is 0 Å². The molecule has 0 spiro atoms. The van der Waals surface area contributed by atoms with E-state index in [4.69, 9.17) is 0 Å². The second-order valence-corrected chi connectivity index (χ2v) is 4.95. The Labute approximate surface area is 79.3 Å². The summed E-state index contributed by atoms with van der Waals surface area (Å²) in [5.74, 6) is 0.553. The van der Waals surface area contributed by atoms with Gasteiger partial charge in [0, 0.05) is 12.3 Å². The van der Waals surface area contributed by atoms with Crippen LogP contribution in [0, 0.1) is 11.3 Å². The molecule has 2 nitrogen and oxygen atoms in total. The van der Waals surface area contributed by atoms with E-state index >= 15 is 0 Å². The van der Waals surface area contributed by atoms with Crippen LogP contribution >= 0.6 is 0 Å². The average molecular weight is 182 g/mol. The van der Waals surface area contributed by atoms with Crippen LogP contribution in [0.15, 0.2) is 0 Å². The summed E-state index contributed by atoms with van der Waals surface area (Å²) in [4.78, 5) is 11.7. The fourth-order valence-electron chi connectivity index (χ4n) is 3.01. The summed E-state index contributed by atoms with van der Waals surface area (Å²) in [5, 5.41) is 9.53. The molecule has 13 heavy (non-hydrogen) atoms. The molecule has 3 atom stereocenters. The molecule has 0 aromatic carbocycles. The van der Waals surface area contributed by atoms with Crippen molar-refractivity contribution in [1.82, 2.24) is 0 Å². The Morgan fingerprint density at radius 1 is 1.46 bits per heavy atom. The normalized spacial score (nSPS) is 45.8. The highest BCUT2D eigenvalue weighted by Gasteiger charge is 2.44. The summed E-state index contributed by atoms with van der Waals surface area (Å²) >= 11 is 0. The topological polar surface area (TPSA) is 37.3 Å². The summed E-state index contributed by atoms with van der Waals surface area (Å²) in [5.41, 5.74) is 0.217. The number of hydrogen-bond donors (Lipinski definition) is 1. The van der Waals surface area contributed by atoms with Gasteiger partial charge in [0.15, 0.2) is 0 Å². The van der Waals surface area contributed by atoms with Crippen LogP contribution in [0.25, 0.3) is 0 Å². The van der Waals surface area contributed by atoms with Crippen molar-refractivity contribution in [1.29, 1.82) is 0 Å². The number of hydrogen-bond acceptors (Lipinski definition) is 2. The Bertz CT molecular complexity index is 224. The second kappa shape index (κ2) is 3.09. The number of fused-ring (bicyclic) bond motifs is 1. The molecule has 0 bridgehead atoms. The molecule has 2 saturated carbocycles. The quantitative estimate of drug-likeness (QED) is 0.621. The van der Waals surface area contributed by atoms with Gasteiger partial charge in [0.2, 0.25) is 0 Å². The van der Waals surface area contributed by atoms with E-state index in [0.717, 1.165) is 32.1 Å². The van der Waals surface area contributed by atoms with Gasteiger partial charge in [-0.05, 0) is 37.5 Å². The number of carbonyl (C=O) groups is 1. The SMILES string of the molecule is CC12CCCC(=O)C1CC(O)CC2. The van der Waals surface area contributed by atoms with Gasteiger partial charge in [-0.15, -0.1) is 0 Å². The Hall–Kier alpha value is -0.370. The van der Waals surface area contributed by atoms with Gasteiger partial charge in [-0.3, -0.25) is 4.79 Å². The summed E-state index contributed by atoms with van der Waals surface area (Å²) < 4.78 is 0. The molecule has 0 radical (unpaired) electrons. The highest BCUT2D eigenvalue weighted by Crippen LogP contribution is 2.48. The minimum atomic E-state index is -0.222. The van der Waals surface area contributed by atoms with Crippen LogP contribution < -0.4 is 0 Å². The molecule has 0 amide bonds. The molecule has 74 valence electrons. The van der Waals surface area contributed by atoms with Crippen molar-refractivity contribution < 1.29 is 9.90 Å². The van der Waals surface area contributed by atoms with Crippen molar-refractivity contribution >= 4 is 5.78 Å². The van der Waals surface area contributed by atoms with Gasteiger partial charge in [0.05, 0.1) is 6.10 Å². The number of ketones is 1. The van der Waals surface area contributed by atoms with Crippen LogP contribution in [-0.2, 0) is 4.79 Å². The van der Waals surface area contributed by atoms with Crippen molar-refractivity contribution in [3.63, 3.8) is 0 Å². The molecule has 1 N–H and O–H groups in total. The van der Waals surface area contributed by atoms with E-state index < -0.39 is 0 Å². The van der Waals surface area contributed by atoms with E-state index in [1.54, 1.807) is 0 Å². The predicted octanol–water partition coefficient (Wildman–Crippen LogP) is 1.91. The van der Waals surface area contributed by atoms with Gasteiger partial charge in [-0.25, -0.2) is 0 Å². The molecule has 2 rings (SSSR count). The third kappa shape index (κ3) is 1.52. The zero-order valence-corrected chi connectivity index (χ0v) is 8.25. The monoisotopic (exact) mass is 182 g/mol. The second-order valence-electron chi connectivity index (χ2n) is 4.95. The standard InChI is InChI=1S/C11H18O2/c1-11-5-2-3-10(13)9(11)7-8(12)4-6-11/h8-9,12H,2-7H2,1H3. The van der Waals surface area contributed by atoms with Crippen LogP contribution in [0.5, 0.6) is 0 Å². The predicted molar refractivity (Wildman–Crippen MR) is 50.3 cm³/mol. The van der Waals surface area contributed by atoms with Gasteiger partial charge in [-0.2, -0.15) is 0 Å². The molecule has 2 heteroatoms. The Morgan fingerprint density at radius 2 is 2.23 bits per heavy atom. The van der Waals surface area contributed by atoms with Crippen molar-refractivity contribution in [2.75, 3.05) is 0 Å². The summed E-state index contributed by atoms with van der Waals surface area (Å²) in [6.07, 6.45) is 5.39. The van der Waals surface area contributed by atoms with Crippen LogP contribution in [0.2, 0.25) is 0 Å². The third-order valence-corrected chi connectivity index (χ3v) is 3.96. The van der Waals surface area contributed by atoms with Crippen LogP contribution in [0.4, 0.5) is 0 Å². The van der Waals surface area contributed by atoms with E-state index in [1.807, 2.05) is 0 Å². The molecule has 0 saturated heterocycles. The highest BCUT2D eigenvalue weighted by molar-refractivity contribution is 5.82. The molecule has 2 fully saturated rings. The summed E-state index contributed by atoms with van der Waals surface area (Å²) in [6, 6.07) is 0. The Balaban J connectivity index is 2.17. The molecule has 3 unspecified atom stereocenters. The molecular weight excluding hydrogens is 164 g/mol. The fourth-order valence-corrected chi connectivity index (χ4v) is 3.01. The molecule has 2 aliphatic carbocycles. The first-order chi connectivity index (χ1) is 6.12. The zero-order valence-electron chi connectivity index (χ0n) is 8.25. The maximum Gasteiger partial charge on any atom is 0.136 e. The first kappa shape index (κ1) is 9.20. The lowest BCUT2D eigenvalue weighted by Gasteiger charge is -2.45. The van der Waals surface area contributed by atoms with E-state index in [0.29, 0.717) is 5.78 Å². The maximum absolute atomic E-state index is 11.7. The van der Waals surface area contributed by atoms with Crippen molar-refractivity contribution in [3.8, 4) is 0 Å². The van der Waals surface area contributed by atoms with Crippen molar-refractivity contribution in [3.05, 3.63) is 0 Å². The highest BCUT2D eigenvalue weighted by atomic mass is 16.3. The minimum Gasteiger partial charge on any atom is -0.393 e. The minimum absolute atomic E-state index is 0.157. The number of carbonyl (C=O) groups excluding carboxylic acids is 1. The Kier molecular flexibility index (Phi) is 2.18. The first-order valence-electron chi connectivity index (χ1n) is 5.33. The smallest absolute Gasteiger partial charge is 0.136 e. The lowest BCUT2D eigenvalue weighted by atomic mass is 9.59. The van der Waals surface area contributed by atoms with E-state index in [2.05, 4.69) is 6.92 Å². The van der Waals surface area contributed by atoms with Crippen LogP contribution in [0.1, 0.15) is 45.4 Å². The number of rotatable bonds is 0. The largest absolute Gasteiger partial charge is 0.393 e. The maximum atomic E-state index is 11.7. The van der Waals surface area contributed by atoms with E-state index in [9.17, 15) is 9.90 Å². The summed E-state index contributed by atoms with van der Waals surface area (Å²) in [6.45, 7) is 2.22. The third-order valence-electron chi connectivity index (χ3n) is 3.96. The van der Waals surface area contributed by atoms with Gasteiger partial charge < -0.3 is 5.11 Å². The van der Waals surface area contributed by atoms with E-state index in [-0.39, 0.29) is 17.4 Å². The summed E-state index contributed by atoms with van der Waals surface area (Å²) in [7, 11) is 0. The number of Topliss-reactive ketones (excluding diaryl/α,β-unsaturated/α-hetero) is 1. The lowest BCUT2D eigenvalue weighted by Crippen LogP contribution is -2.43. The van der Waals surface area contributed by atoms with Gasteiger partial charge in [-0.1, -0.05) is 6.92 Å². The van der Waals surface area contributed by atoms with Gasteiger partial charge >= 0.3 is 0 Å². The zero-order chi connectivity index (χ0) is 9.47. The van der Waals surface area contributed by atoms with Gasteiger partial charge in [0.1, 0.15) is 5.78 Å². The van der Waals surface area contributed by atoms with E-state index in [1.165, 1.54) is 6.42 Å². The number of aliphatic hydroxyl groups excluding tert-OH is 1. The van der Waals surface area contributed by atoms with Crippen molar-refractivity contribution in [2.24, 2.45) is 11.3 Å². The first-order valence-corrected chi connectivity index (χ1v) is 5.33. The molecule has 0 aliphatic heterocycles. The molecule has 0 heterocycles. The van der Waals surface area contributed by atoms with Crippen molar-refractivity contribution in [2.45, 2.75) is 51.6 Å². The molecule has 0 aromatic heterocycles. The van der Waals surface area contributed by atoms with Crippen LogP contribution in [-0.4, -0.2) is 17.0 Å².